The Morgan fingerprint density at radius 2 is 2.24 bits per heavy atom. The van der Waals surface area contributed by atoms with Crippen molar-refractivity contribution in [2.75, 3.05) is 0 Å². The van der Waals surface area contributed by atoms with Crippen LogP contribution >= 0.6 is 28.1 Å². The van der Waals surface area contributed by atoms with E-state index in [2.05, 4.69) is 26.2 Å². The first-order chi connectivity index (χ1) is 7.93. The third kappa shape index (κ3) is 3.74. The molecular weight excluding hydrogens is 302 g/mol. The van der Waals surface area contributed by atoms with Crippen LogP contribution in [0.15, 0.2) is 22.8 Å². The number of amides is 1. The predicted molar refractivity (Wildman–Crippen MR) is 74.8 cm³/mol. The van der Waals surface area contributed by atoms with Crippen LogP contribution in [-0.2, 0) is 0 Å². The van der Waals surface area contributed by atoms with Crippen LogP contribution in [0.2, 0.25) is 0 Å². The monoisotopic (exact) mass is 315 g/mol. The van der Waals surface area contributed by atoms with Crippen molar-refractivity contribution in [3.63, 3.8) is 0 Å². The summed E-state index contributed by atoms with van der Waals surface area (Å²) in [6.45, 7) is 3.88. The molecule has 0 aliphatic heterocycles. The molecule has 92 valence electrons. The Bertz CT molecular complexity index is 436. The van der Waals surface area contributed by atoms with Gasteiger partial charge in [0.2, 0.25) is 0 Å². The molecule has 6 heteroatoms. The molecule has 0 aromatic carbocycles. The Balaban J connectivity index is 2.85. The maximum absolute atomic E-state index is 12.0. The van der Waals surface area contributed by atoms with Crippen LogP contribution in [-0.4, -0.2) is 21.9 Å². The highest BCUT2D eigenvalue weighted by Crippen LogP contribution is 2.13. The van der Waals surface area contributed by atoms with E-state index in [1.54, 1.807) is 18.3 Å². The first-order valence-electron chi connectivity index (χ1n) is 5.14. The fraction of sp³-hybridized carbons (Fsp3) is 0.364. The summed E-state index contributed by atoms with van der Waals surface area (Å²) in [5.74, 6) is -0.150. The fourth-order valence-corrected chi connectivity index (χ4v) is 2.09. The molecule has 1 aromatic rings. The summed E-state index contributed by atoms with van der Waals surface area (Å²) in [5.41, 5.74) is 5.91. The molecule has 1 heterocycles. The van der Waals surface area contributed by atoms with Gasteiger partial charge in [0.15, 0.2) is 0 Å². The Morgan fingerprint density at radius 1 is 1.59 bits per heavy atom. The maximum atomic E-state index is 12.0. The zero-order valence-corrected chi connectivity index (χ0v) is 12.0. The third-order valence-electron chi connectivity index (χ3n) is 2.23. The van der Waals surface area contributed by atoms with Crippen LogP contribution in [0.1, 0.15) is 24.3 Å². The van der Waals surface area contributed by atoms with Gasteiger partial charge in [0.25, 0.3) is 5.91 Å². The zero-order valence-electron chi connectivity index (χ0n) is 9.61. The summed E-state index contributed by atoms with van der Waals surface area (Å²) in [6, 6.07) is 3.17. The van der Waals surface area contributed by atoms with Gasteiger partial charge in [-0.2, -0.15) is 0 Å². The number of nitrogens with one attached hydrogen (secondary N) is 1. The van der Waals surface area contributed by atoms with E-state index in [1.165, 1.54) is 0 Å². The summed E-state index contributed by atoms with van der Waals surface area (Å²) >= 11 is 8.20. The molecule has 1 unspecified atom stereocenters. The largest absolute Gasteiger partial charge is 0.392 e. The molecule has 1 atom stereocenters. The van der Waals surface area contributed by atoms with Crippen LogP contribution in [0, 0.1) is 5.92 Å². The van der Waals surface area contributed by atoms with Crippen molar-refractivity contribution in [1.29, 1.82) is 0 Å². The molecule has 1 amide bonds. The summed E-state index contributed by atoms with van der Waals surface area (Å²) in [5, 5.41) is 2.78. The van der Waals surface area contributed by atoms with E-state index in [9.17, 15) is 4.79 Å². The molecular formula is C11H14BrN3OS. The van der Waals surface area contributed by atoms with E-state index in [4.69, 9.17) is 18.0 Å². The summed E-state index contributed by atoms with van der Waals surface area (Å²) in [4.78, 5) is 16.3. The molecule has 3 N–H and O–H groups in total. The lowest BCUT2D eigenvalue weighted by Crippen LogP contribution is -2.47. The second kappa shape index (κ2) is 6.07. The van der Waals surface area contributed by atoms with Crippen LogP contribution in [0.3, 0.4) is 0 Å². The summed E-state index contributed by atoms with van der Waals surface area (Å²) < 4.78 is 0.642. The molecule has 1 aromatic heterocycles. The number of thiocarbonyl (C=S) groups is 1. The van der Waals surface area contributed by atoms with Gasteiger partial charge in [-0.1, -0.05) is 26.1 Å². The molecule has 0 fully saturated rings. The first-order valence-corrected chi connectivity index (χ1v) is 6.34. The molecule has 0 radical (unpaired) electrons. The number of carbonyl (C=O) groups excluding carboxylic acids is 1. The number of hydrogen-bond acceptors (Lipinski definition) is 3. The van der Waals surface area contributed by atoms with Crippen LogP contribution in [0.5, 0.6) is 0 Å². The lowest BCUT2D eigenvalue weighted by Gasteiger charge is -2.20. The van der Waals surface area contributed by atoms with E-state index in [0.29, 0.717) is 10.2 Å². The van der Waals surface area contributed by atoms with Crippen molar-refractivity contribution < 1.29 is 4.79 Å². The van der Waals surface area contributed by atoms with E-state index < -0.39 is 0 Å². The fourth-order valence-electron chi connectivity index (χ4n) is 1.33. The van der Waals surface area contributed by atoms with Gasteiger partial charge in [-0.3, -0.25) is 4.79 Å². The molecule has 4 nitrogen and oxygen atoms in total. The standard InChI is InChI=1S/C11H14BrN3OS/c1-6(2)8(10(13)17)15-11(16)9-7(12)4-3-5-14-9/h3-6,8H,1-2H3,(H2,13,17)(H,15,16). The van der Waals surface area contributed by atoms with Gasteiger partial charge in [0.1, 0.15) is 5.69 Å². The van der Waals surface area contributed by atoms with Gasteiger partial charge >= 0.3 is 0 Å². The minimum atomic E-state index is -0.327. The zero-order chi connectivity index (χ0) is 13.0. The van der Waals surface area contributed by atoms with Crippen molar-refractivity contribution in [2.24, 2.45) is 11.7 Å². The number of hydrogen-bond donors (Lipinski definition) is 2. The Morgan fingerprint density at radius 3 is 2.71 bits per heavy atom. The number of carbonyl (C=O) groups is 1. The molecule has 0 bridgehead atoms. The van der Waals surface area contributed by atoms with Gasteiger partial charge in [0.05, 0.1) is 11.0 Å². The van der Waals surface area contributed by atoms with E-state index in [1.807, 2.05) is 13.8 Å². The number of nitrogens with zero attached hydrogens (tertiary/aromatic N) is 1. The van der Waals surface area contributed by atoms with Gasteiger partial charge in [-0.05, 0) is 34.0 Å². The third-order valence-corrected chi connectivity index (χ3v) is 3.13. The molecule has 1 rings (SSSR count). The van der Waals surface area contributed by atoms with E-state index >= 15 is 0 Å². The molecule has 0 saturated heterocycles. The second-order valence-electron chi connectivity index (χ2n) is 3.93. The molecule has 17 heavy (non-hydrogen) atoms. The van der Waals surface area contributed by atoms with Gasteiger partial charge in [0, 0.05) is 10.7 Å². The Labute approximate surface area is 114 Å². The number of halogens is 1. The van der Waals surface area contributed by atoms with Crippen molar-refractivity contribution in [2.45, 2.75) is 19.9 Å². The Kier molecular flexibility index (Phi) is 5.02. The highest BCUT2D eigenvalue weighted by atomic mass is 79.9. The number of nitrogens with two attached hydrogens (primary N) is 1. The lowest BCUT2D eigenvalue weighted by atomic mass is 10.0. The average Bonchev–Trinajstić information content (AvgIpc) is 2.25. The predicted octanol–water partition coefficient (Wildman–Crippen LogP) is 1.88. The minimum Gasteiger partial charge on any atom is -0.392 e. The van der Waals surface area contributed by atoms with E-state index in [0.717, 1.165) is 0 Å². The lowest BCUT2D eigenvalue weighted by molar-refractivity contribution is 0.0934. The smallest absolute Gasteiger partial charge is 0.271 e. The second-order valence-corrected chi connectivity index (χ2v) is 5.26. The Hall–Kier alpha value is -1.01. The van der Waals surface area contributed by atoms with Crippen molar-refractivity contribution >= 4 is 39.0 Å². The first kappa shape index (κ1) is 14.1. The number of aromatic nitrogens is 1. The van der Waals surface area contributed by atoms with Crippen LogP contribution in [0.4, 0.5) is 0 Å². The van der Waals surface area contributed by atoms with Gasteiger partial charge in [-0.25, -0.2) is 4.98 Å². The quantitative estimate of drug-likeness (QED) is 0.833. The highest BCUT2D eigenvalue weighted by molar-refractivity contribution is 9.10. The number of pyridine rings is 1. The van der Waals surface area contributed by atoms with Crippen molar-refractivity contribution in [3.05, 3.63) is 28.5 Å². The average molecular weight is 316 g/mol. The van der Waals surface area contributed by atoms with Crippen molar-refractivity contribution in [1.82, 2.24) is 10.3 Å². The molecule has 0 saturated carbocycles. The normalized spacial score (nSPS) is 12.2. The van der Waals surface area contributed by atoms with Crippen LogP contribution < -0.4 is 11.1 Å². The summed E-state index contributed by atoms with van der Waals surface area (Å²) in [7, 11) is 0. The minimum absolute atomic E-state index is 0.138. The van der Waals surface area contributed by atoms with Gasteiger partial charge in [-0.15, -0.1) is 0 Å². The van der Waals surface area contributed by atoms with Gasteiger partial charge < -0.3 is 11.1 Å². The molecule has 0 aliphatic carbocycles. The molecule has 0 spiro atoms. The SMILES string of the molecule is CC(C)C(NC(=O)c1ncccc1Br)C(N)=S. The molecule has 0 aliphatic rings. The van der Waals surface area contributed by atoms with E-state index in [-0.39, 0.29) is 22.9 Å². The topological polar surface area (TPSA) is 68.0 Å². The summed E-state index contributed by atoms with van der Waals surface area (Å²) in [6.07, 6.45) is 1.56. The number of rotatable bonds is 4. The van der Waals surface area contributed by atoms with Crippen LogP contribution in [0.25, 0.3) is 0 Å². The van der Waals surface area contributed by atoms with Crippen molar-refractivity contribution in [3.8, 4) is 0 Å². The highest BCUT2D eigenvalue weighted by Gasteiger charge is 2.21. The maximum Gasteiger partial charge on any atom is 0.271 e.